The first-order valence-corrected chi connectivity index (χ1v) is 6.95. The molecule has 4 nitrogen and oxygen atoms in total. The van der Waals surface area contributed by atoms with E-state index in [9.17, 15) is 4.79 Å². The van der Waals surface area contributed by atoms with E-state index in [4.69, 9.17) is 18.0 Å². The van der Waals surface area contributed by atoms with E-state index in [0.717, 1.165) is 29.7 Å². The maximum absolute atomic E-state index is 11.9. The number of carbonyl (C=O) groups excluding carboxylic acids is 1. The third-order valence-electron chi connectivity index (χ3n) is 3.46. The Morgan fingerprint density at radius 1 is 1.37 bits per heavy atom. The summed E-state index contributed by atoms with van der Waals surface area (Å²) in [6, 6.07) is 5.72. The van der Waals surface area contributed by atoms with Gasteiger partial charge in [-0.2, -0.15) is 0 Å². The smallest absolute Gasteiger partial charge is 0.319 e. The Labute approximate surface area is 118 Å². The Bertz CT molecular complexity index is 495. The summed E-state index contributed by atoms with van der Waals surface area (Å²) in [5.41, 5.74) is 8.10. The van der Waals surface area contributed by atoms with Gasteiger partial charge in [-0.1, -0.05) is 37.2 Å². The summed E-state index contributed by atoms with van der Waals surface area (Å²) in [4.78, 5) is 12.2. The lowest BCUT2D eigenvalue weighted by atomic mass is 10.1. The van der Waals surface area contributed by atoms with Gasteiger partial charge in [-0.05, 0) is 31.4 Å². The Hall–Kier alpha value is -1.62. The van der Waals surface area contributed by atoms with Crippen molar-refractivity contribution in [2.45, 2.75) is 38.6 Å². The van der Waals surface area contributed by atoms with Crippen molar-refractivity contribution in [1.29, 1.82) is 0 Å². The molecular formula is C14H19N3OS. The zero-order valence-electron chi connectivity index (χ0n) is 11.0. The number of nitrogens with one attached hydrogen (secondary N) is 2. The number of thiocarbonyl (C=S) groups is 1. The Balaban J connectivity index is 2.02. The second-order valence-electron chi connectivity index (χ2n) is 4.97. The average Bonchev–Trinajstić information content (AvgIpc) is 2.84. The lowest BCUT2D eigenvalue weighted by Gasteiger charge is -2.14. The van der Waals surface area contributed by atoms with E-state index in [1.165, 1.54) is 12.8 Å². The molecule has 5 heteroatoms. The summed E-state index contributed by atoms with van der Waals surface area (Å²) in [5.74, 6) is 0. The maximum atomic E-state index is 11.9. The fourth-order valence-electron chi connectivity index (χ4n) is 2.32. The standard InChI is InChI=1S/C14H19N3OS/c1-9-6-7-10(13(15)19)8-12(9)17-14(18)16-11-4-2-3-5-11/h6-8,11H,2-5H2,1H3,(H2,15,19)(H2,16,17,18). The number of anilines is 1. The van der Waals surface area contributed by atoms with Gasteiger partial charge < -0.3 is 16.4 Å². The first-order valence-electron chi connectivity index (χ1n) is 6.54. The van der Waals surface area contributed by atoms with Gasteiger partial charge in [0.05, 0.1) is 0 Å². The normalized spacial score (nSPS) is 15.2. The molecule has 1 aromatic rings. The second kappa shape index (κ2) is 6.02. The molecule has 1 fully saturated rings. The lowest BCUT2D eigenvalue weighted by molar-refractivity contribution is 0.248. The van der Waals surface area contributed by atoms with Crippen LogP contribution in [0.4, 0.5) is 10.5 Å². The van der Waals surface area contributed by atoms with Gasteiger partial charge in [-0.15, -0.1) is 0 Å². The number of hydrogen-bond donors (Lipinski definition) is 3. The van der Waals surface area contributed by atoms with E-state index < -0.39 is 0 Å². The Kier molecular flexibility index (Phi) is 4.37. The van der Waals surface area contributed by atoms with Crippen molar-refractivity contribution >= 4 is 28.9 Å². The average molecular weight is 277 g/mol. The van der Waals surface area contributed by atoms with Gasteiger partial charge in [0, 0.05) is 17.3 Å². The summed E-state index contributed by atoms with van der Waals surface area (Å²) < 4.78 is 0. The highest BCUT2D eigenvalue weighted by Crippen LogP contribution is 2.19. The molecule has 102 valence electrons. The van der Waals surface area contributed by atoms with Gasteiger partial charge in [0.2, 0.25) is 0 Å². The Morgan fingerprint density at radius 2 is 2.05 bits per heavy atom. The van der Waals surface area contributed by atoms with Gasteiger partial charge in [0.25, 0.3) is 0 Å². The van der Waals surface area contributed by atoms with E-state index in [2.05, 4.69) is 10.6 Å². The number of urea groups is 1. The van der Waals surface area contributed by atoms with Crippen LogP contribution in [0.1, 0.15) is 36.8 Å². The van der Waals surface area contributed by atoms with E-state index in [1.807, 2.05) is 25.1 Å². The van der Waals surface area contributed by atoms with Crippen LogP contribution in [0.3, 0.4) is 0 Å². The molecule has 0 aliphatic heterocycles. The van der Waals surface area contributed by atoms with Crippen LogP contribution in [0.15, 0.2) is 18.2 Å². The number of benzene rings is 1. The Morgan fingerprint density at radius 3 is 2.68 bits per heavy atom. The van der Waals surface area contributed by atoms with Crippen LogP contribution in [-0.4, -0.2) is 17.1 Å². The molecule has 0 spiro atoms. The summed E-state index contributed by atoms with van der Waals surface area (Å²) in [5, 5.41) is 5.86. The van der Waals surface area contributed by atoms with Gasteiger partial charge >= 0.3 is 6.03 Å². The van der Waals surface area contributed by atoms with Crippen LogP contribution in [0.25, 0.3) is 0 Å². The van der Waals surface area contributed by atoms with Crippen LogP contribution in [0.2, 0.25) is 0 Å². The number of amides is 2. The summed E-state index contributed by atoms with van der Waals surface area (Å²) in [6.07, 6.45) is 4.53. The molecule has 1 aromatic carbocycles. The predicted molar refractivity (Wildman–Crippen MR) is 81.5 cm³/mol. The van der Waals surface area contributed by atoms with E-state index in [-0.39, 0.29) is 6.03 Å². The van der Waals surface area contributed by atoms with E-state index in [0.29, 0.717) is 11.0 Å². The molecule has 0 saturated heterocycles. The van der Waals surface area contributed by atoms with Crippen LogP contribution in [-0.2, 0) is 0 Å². The van der Waals surface area contributed by atoms with Gasteiger partial charge in [0.1, 0.15) is 4.99 Å². The summed E-state index contributed by atoms with van der Waals surface area (Å²) in [7, 11) is 0. The molecule has 2 rings (SSSR count). The van der Waals surface area contributed by atoms with Gasteiger partial charge in [0.15, 0.2) is 0 Å². The number of rotatable bonds is 3. The zero-order valence-corrected chi connectivity index (χ0v) is 11.8. The largest absolute Gasteiger partial charge is 0.389 e. The molecule has 4 N–H and O–H groups in total. The summed E-state index contributed by atoms with van der Waals surface area (Å²) in [6.45, 7) is 1.94. The SMILES string of the molecule is Cc1ccc(C(N)=S)cc1NC(=O)NC1CCCC1. The molecule has 1 saturated carbocycles. The fourth-order valence-corrected chi connectivity index (χ4v) is 2.45. The minimum absolute atomic E-state index is 0.157. The minimum Gasteiger partial charge on any atom is -0.389 e. The van der Waals surface area contributed by atoms with Crippen LogP contribution in [0.5, 0.6) is 0 Å². The van der Waals surface area contributed by atoms with Crippen LogP contribution >= 0.6 is 12.2 Å². The molecule has 0 bridgehead atoms. The van der Waals surface area contributed by atoms with Crippen molar-refractivity contribution in [3.05, 3.63) is 29.3 Å². The quantitative estimate of drug-likeness (QED) is 0.744. The van der Waals surface area contributed by atoms with Gasteiger partial charge in [-0.25, -0.2) is 4.79 Å². The molecule has 0 unspecified atom stereocenters. The van der Waals surface area contributed by atoms with Crippen LogP contribution < -0.4 is 16.4 Å². The lowest BCUT2D eigenvalue weighted by Crippen LogP contribution is -2.36. The van der Waals surface area contributed by atoms with Crippen molar-refractivity contribution in [3.63, 3.8) is 0 Å². The molecular weight excluding hydrogens is 258 g/mol. The molecule has 0 radical (unpaired) electrons. The first kappa shape index (κ1) is 13.8. The molecule has 0 atom stereocenters. The maximum Gasteiger partial charge on any atom is 0.319 e. The van der Waals surface area contributed by atoms with Crippen molar-refractivity contribution in [2.24, 2.45) is 5.73 Å². The molecule has 1 aliphatic carbocycles. The summed E-state index contributed by atoms with van der Waals surface area (Å²) >= 11 is 4.94. The topological polar surface area (TPSA) is 67.1 Å². The highest BCUT2D eigenvalue weighted by Gasteiger charge is 2.17. The van der Waals surface area contributed by atoms with Crippen molar-refractivity contribution < 1.29 is 4.79 Å². The van der Waals surface area contributed by atoms with E-state index >= 15 is 0 Å². The predicted octanol–water partition coefficient (Wildman–Crippen LogP) is 2.69. The third kappa shape index (κ3) is 3.67. The minimum atomic E-state index is -0.157. The molecule has 2 amide bonds. The zero-order chi connectivity index (χ0) is 13.8. The number of carbonyl (C=O) groups is 1. The van der Waals surface area contributed by atoms with Crippen molar-refractivity contribution in [1.82, 2.24) is 5.32 Å². The molecule has 19 heavy (non-hydrogen) atoms. The monoisotopic (exact) mass is 277 g/mol. The molecule has 0 aromatic heterocycles. The van der Waals surface area contributed by atoms with Crippen molar-refractivity contribution in [3.8, 4) is 0 Å². The molecule has 0 heterocycles. The second-order valence-corrected chi connectivity index (χ2v) is 5.41. The van der Waals surface area contributed by atoms with Crippen LogP contribution in [0, 0.1) is 6.92 Å². The van der Waals surface area contributed by atoms with Gasteiger partial charge in [-0.3, -0.25) is 0 Å². The number of nitrogens with two attached hydrogens (primary N) is 1. The molecule has 1 aliphatic rings. The highest BCUT2D eigenvalue weighted by molar-refractivity contribution is 7.80. The fraction of sp³-hybridized carbons (Fsp3) is 0.429. The van der Waals surface area contributed by atoms with Crippen molar-refractivity contribution in [2.75, 3.05) is 5.32 Å². The first-order chi connectivity index (χ1) is 9.06. The third-order valence-corrected chi connectivity index (χ3v) is 3.70. The van der Waals surface area contributed by atoms with E-state index in [1.54, 1.807) is 0 Å². The highest BCUT2D eigenvalue weighted by atomic mass is 32.1. The number of hydrogen-bond acceptors (Lipinski definition) is 2. The number of aryl methyl sites for hydroxylation is 1.